The van der Waals surface area contributed by atoms with E-state index in [1.807, 2.05) is 17.4 Å². The van der Waals surface area contributed by atoms with E-state index in [1.165, 1.54) is 40.7 Å². The van der Waals surface area contributed by atoms with E-state index in [2.05, 4.69) is 50.4 Å². The summed E-state index contributed by atoms with van der Waals surface area (Å²) >= 11 is 1.87. The Hall–Kier alpha value is -1.94. The molecule has 0 saturated heterocycles. The van der Waals surface area contributed by atoms with Crippen molar-refractivity contribution < 1.29 is 0 Å². The molecule has 0 atom stereocenters. The molecule has 3 aromatic rings. The highest BCUT2D eigenvalue weighted by atomic mass is 32.1. The highest BCUT2D eigenvalue weighted by molar-refractivity contribution is 7.19. The Bertz CT molecular complexity index is 891. The molecule has 1 aromatic carbocycles. The number of aromatic nitrogens is 2. The van der Waals surface area contributed by atoms with Crippen molar-refractivity contribution in [1.82, 2.24) is 9.97 Å². The van der Waals surface area contributed by atoms with Gasteiger partial charge in [0.1, 0.15) is 16.5 Å². The second-order valence-electron chi connectivity index (χ2n) is 7.92. The van der Waals surface area contributed by atoms with Crippen LogP contribution in [0.25, 0.3) is 10.2 Å². The molecule has 0 amide bonds. The molecule has 0 bridgehead atoms. The molecule has 25 heavy (non-hydrogen) atoms. The largest absolute Gasteiger partial charge is 0.365 e. The first-order valence-corrected chi connectivity index (χ1v) is 9.94. The fraction of sp³-hybridized carbons (Fsp3) is 0.429. The van der Waals surface area contributed by atoms with Gasteiger partial charge in [-0.15, -0.1) is 11.3 Å². The Morgan fingerprint density at radius 1 is 1.04 bits per heavy atom. The molecular formula is C21H25N3S. The van der Waals surface area contributed by atoms with Gasteiger partial charge in [0.15, 0.2) is 0 Å². The van der Waals surface area contributed by atoms with Crippen molar-refractivity contribution in [3.05, 3.63) is 52.2 Å². The lowest BCUT2D eigenvalue weighted by molar-refractivity contribution is 0.630. The van der Waals surface area contributed by atoms with Crippen molar-refractivity contribution >= 4 is 27.4 Å². The lowest BCUT2D eigenvalue weighted by Gasteiger charge is -2.23. The maximum Gasteiger partial charge on any atom is 0.139 e. The average Bonchev–Trinajstić information content (AvgIpc) is 2.93. The second kappa shape index (κ2) is 6.41. The minimum Gasteiger partial charge on any atom is -0.365 e. The van der Waals surface area contributed by atoms with Gasteiger partial charge < -0.3 is 5.32 Å². The van der Waals surface area contributed by atoms with Gasteiger partial charge in [0, 0.05) is 16.8 Å². The SMILES string of the molecule is CC(C)(C)Nc1nc(Cc2ccccc2)nc2sc3c(c12)CCCC3. The lowest BCUT2D eigenvalue weighted by atomic mass is 9.96. The van der Waals surface area contributed by atoms with E-state index in [4.69, 9.17) is 9.97 Å². The normalized spacial score (nSPS) is 14.5. The third-order valence-corrected chi connectivity index (χ3v) is 5.75. The highest BCUT2D eigenvalue weighted by Crippen LogP contribution is 2.39. The van der Waals surface area contributed by atoms with Crippen LogP contribution in [0.3, 0.4) is 0 Å². The van der Waals surface area contributed by atoms with Crippen LogP contribution in [0.15, 0.2) is 30.3 Å². The fourth-order valence-electron chi connectivity index (χ4n) is 3.50. The predicted molar refractivity (Wildman–Crippen MR) is 107 cm³/mol. The number of benzene rings is 1. The summed E-state index contributed by atoms with van der Waals surface area (Å²) in [5, 5.41) is 4.91. The van der Waals surface area contributed by atoms with E-state index >= 15 is 0 Å². The Balaban J connectivity index is 1.83. The number of hydrogen-bond acceptors (Lipinski definition) is 4. The number of thiophene rings is 1. The molecule has 1 aliphatic carbocycles. The molecule has 2 heterocycles. The summed E-state index contributed by atoms with van der Waals surface area (Å²) in [6.45, 7) is 6.57. The summed E-state index contributed by atoms with van der Waals surface area (Å²) in [6.07, 6.45) is 5.71. The molecule has 4 heteroatoms. The van der Waals surface area contributed by atoms with Crippen molar-refractivity contribution in [2.75, 3.05) is 5.32 Å². The number of nitrogens with zero attached hydrogens (tertiary/aromatic N) is 2. The minimum atomic E-state index is -0.0191. The Labute approximate surface area is 153 Å². The molecule has 4 rings (SSSR count). The van der Waals surface area contributed by atoms with Gasteiger partial charge in [0.2, 0.25) is 0 Å². The van der Waals surface area contributed by atoms with Gasteiger partial charge in [-0.05, 0) is 57.6 Å². The van der Waals surface area contributed by atoms with Crippen LogP contribution >= 0.6 is 11.3 Å². The molecule has 0 spiro atoms. The van der Waals surface area contributed by atoms with E-state index in [1.54, 1.807) is 0 Å². The van der Waals surface area contributed by atoms with Gasteiger partial charge in [0.05, 0.1) is 5.39 Å². The zero-order valence-electron chi connectivity index (χ0n) is 15.2. The third-order valence-electron chi connectivity index (χ3n) is 4.56. The van der Waals surface area contributed by atoms with Crippen molar-refractivity contribution in [2.24, 2.45) is 0 Å². The monoisotopic (exact) mass is 351 g/mol. The zero-order valence-corrected chi connectivity index (χ0v) is 16.0. The summed E-state index contributed by atoms with van der Waals surface area (Å²) in [7, 11) is 0. The number of rotatable bonds is 3. The molecule has 0 aliphatic heterocycles. The first kappa shape index (κ1) is 16.5. The highest BCUT2D eigenvalue weighted by Gasteiger charge is 2.23. The van der Waals surface area contributed by atoms with Gasteiger partial charge in [0.25, 0.3) is 0 Å². The molecule has 0 unspecified atom stereocenters. The van der Waals surface area contributed by atoms with Crippen LogP contribution in [0.5, 0.6) is 0 Å². The number of aryl methyl sites for hydroxylation is 2. The van der Waals surface area contributed by atoms with Crippen LogP contribution in [0, 0.1) is 0 Å². The van der Waals surface area contributed by atoms with Crippen LogP contribution < -0.4 is 5.32 Å². The maximum absolute atomic E-state index is 4.95. The topological polar surface area (TPSA) is 37.8 Å². The van der Waals surface area contributed by atoms with Gasteiger partial charge in [-0.25, -0.2) is 9.97 Å². The Morgan fingerprint density at radius 2 is 1.80 bits per heavy atom. The minimum absolute atomic E-state index is 0.0191. The Morgan fingerprint density at radius 3 is 2.56 bits per heavy atom. The van der Waals surface area contributed by atoms with Gasteiger partial charge in [-0.3, -0.25) is 0 Å². The smallest absolute Gasteiger partial charge is 0.139 e. The molecule has 1 N–H and O–H groups in total. The molecule has 0 radical (unpaired) electrons. The van der Waals surface area contributed by atoms with Crippen molar-refractivity contribution in [2.45, 2.75) is 58.4 Å². The quantitative estimate of drug-likeness (QED) is 0.689. The first-order valence-electron chi connectivity index (χ1n) is 9.13. The average molecular weight is 352 g/mol. The van der Waals surface area contributed by atoms with E-state index in [9.17, 15) is 0 Å². The second-order valence-corrected chi connectivity index (χ2v) is 9.00. The zero-order chi connectivity index (χ0) is 17.4. The molecule has 0 saturated carbocycles. The summed E-state index contributed by atoms with van der Waals surface area (Å²) in [6, 6.07) is 10.5. The van der Waals surface area contributed by atoms with Crippen molar-refractivity contribution in [1.29, 1.82) is 0 Å². The van der Waals surface area contributed by atoms with Crippen LogP contribution in [-0.4, -0.2) is 15.5 Å². The lowest BCUT2D eigenvalue weighted by Crippen LogP contribution is -2.27. The molecule has 2 aromatic heterocycles. The summed E-state index contributed by atoms with van der Waals surface area (Å²) in [5.74, 6) is 1.92. The predicted octanol–water partition coefficient (Wildman–Crippen LogP) is 5.37. The van der Waals surface area contributed by atoms with Crippen LogP contribution in [0.2, 0.25) is 0 Å². The molecule has 1 aliphatic rings. The van der Waals surface area contributed by atoms with Crippen molar-refractivity contribution in [3.8, 4) is 0 Å². The van der Waals surface area contributed by atoms with Crippen LogP contribution in [0.4, 0.5) is 5.82 Å². The van der Waals surface area contributed by atoms with Crippen LogP contribution in [0.1, 0.15) is 55.4 Å². The van der Waals surface area contributed by atoms with E-state index < -0.39 is 0 Å². The number of anilines is 1. The standard InChI is InChI=1S/C21H25N3S/c1-21(2,3)24-19-18-15-11-7-8-12-16(15)25-20(18)23-17(22-19)13-14-9-5-4-6-10-14/h4-6,9-10H,7-8,11-13H2,1-3H3,(H,22,23,24). The third kappa shape index (κ3) is 3.54. The molecule has 3 nitrogen and oxygen atoms in total. The summed E-state index contributed by atoms with van der Waals surface area (Å²) in [4.78, 5) is 12.6. The van der Waals surface area contributed by atoms with E-state index in [0.29, 0.717) is 0 Å². The molecular weight excluding hydrogens is 326 g/mol. The van der Waals surface area contributed by atoms with Crippen molar-refractivity contribution in [3.63, 3.8) is 0 Å². The fourth-order valence-corrected chi connectivity index (χ4v) is 4.78. The number of fused-ring (bicyclic) bond motifs is 3. The number of nitrogens with one attached hydrogen (secondary N) is 1. The summed E-state index contributed by atoms with van der Waals surface area (Å²) < 4.78 is 0. The maximum atomic E-state index is 4.95. The van der Waals surface area contributed by atoms with Crippen LogP contribution in [-0.2, 0) is 19.3 Å². The van der Waals surface area contributed by atoms with Gasteiger partial charge in [-0.2, -0.15) is 0 Å². The van der Waals surface area contributed by atoms with E-state index in [0.717, 1.165) is 29.3 Å². The summed E-state index contributed by atoms with van der Waals surface area (Å²) in [5.41, 5.74) is 2.73. The first-order chi connectivity index (χ1) is 12.0. The van der Waals surface area contributed by atoms with Gasteiger partial charge >= 0.3 is 0 Å². The Kier molecular flexibility index (Phi) is 4.24. The van der Waals surface area contributed by atoms with E-state index in [-0.39, 0.29) is 5.54 Å². The number of hydrogen-bond donors (Lipinski definition) is 1. The molecule has 130 valence electrons. The molecule has 0 fully saturated rings. The van der Waals surface area contributed by atoms with Gasteiger partial charge in [-0.1, -0.05) is 30.3 Å².